The lowest BCUT2D eigenvalue weighted by molar-refractivity contribution is -0.141. The number of benzene rings is 1. The standard InChI is InChI=1S/C12H17NO2.C10H20N2O3.C10H19NO3.C10H21NO.C9H17NO.C9H19NO.C8H18N2O.C8H17NO.C7H16N2O2.C7H15NO.C5H13N.CH4/c1-12(2,3)13-10-6-4-9(5-7-10)8-11(14)15;1-7(13)11-6-5-8(9(14)15)12-10(2,3)4;1-7(12)5-6-8(9(13)14)11-10(2,3)4;1-8(12)10(5,6)11(7)9(2,3)4;1-7(11)9(5-6-9)10-8(2,3)4;1-7(11)9(5,6)10-8(2,3)4;1-6(2)10-8(4-5-9)7(3)11;1-7(10)6-9(5)8(2,3)4;1-5(2)9-6(3-4-8)7(10)11;1-6(9)5-8-7(2,3)4;1-5(2,3)6-4;/h4-7,13H,8H2,1-3H3,(H,14,15);8,12H,5-6H2,1-4H3,(H,11,13)(H,14,15);8,11H,5-6H2,1-4H3,(H,13,14);1-7H3;10H,5-6H2,1-4H3;10H,1-6H3;6,8,10H,4-5,9H2,1-3H3;6H2,1-5H3;5-6,9H,3-4,8H2,1-2H3,(H,10,11);8H,5H2,1-4H3;6H,1-4H3;1H4/t;8-;;;;;8-;;6-;;;/m.0....0.0.../s1. The molecule has 0 saturated heterocycles. The van der Waals surface area contributed by atoms with Crippen LogP contribution in [0.5, 0.6) is 0 Å². The monoisotopic (exact) mass is 1800 g/mol. The summed E-state index contributed by atoms with van der Waals surface area (Å²) in [6.45, 7) is 85.7. The van der Waals surface area contributed by atoms with Gasteiger partial charge in [0, 0.05) is 87.5 Å². The predicted octanol–water partition coefficient (Wildman–Crippen LogP) is 13.4. The number of carbonyl (C=O) groups is 12. The lowest BCUT2D eigenvalue weighted by Gasteiger charge is -2.42. The molecule has 1 fully saturated rings. The summed E-state index contributed by atoms with van der Waals surface area (Å²) in [7, 11) is 5.91. The van der Waals surface area contributed by atoms with Crippen LogP contribution in [-0.4, -0.2) is 257 Å². The van der Waals surface area contributed by atoms with E-state index in [1.54, 1.807) is 41.5 Å². The van der Waals surface area contributed by atoms with Crippen LogP contribution in [0.3, 0.4) is 0 Å². The maximum atomic E-state index is 11.3. The molecule has 126 heavy (non-hydrogen) atoms. The Morgan fingerprint density at radius 2 is 0.841 bits per heavy atom. The van der Waals surface area contributed by atoms with Crippen LogP contribution in [0.15, 0.2) is 24.3 Å². The van der Waals surface area contributed by atoms with Gasteiger partial charge in [0.25, 0.3) is 0 Å². The SMILES string of the molecule is C.CC(=O)C(C)(C)N(C)C(C)(C)C.CC(=O)C(C)(C)NC(C)(C)C.CC(=O)C1(NC(C)(C)C)CC1.CC(=O)CCC(NC(C)(C)C)C(=O)O.CC(=O)CN(C)C(C)(C)C.CC(=O)CNC(C)(C)C.CC(=O)NCC[C@H](NC(C)(C)C)C(=O)O.CC(=O)[C@H](CCN)NC(C)C.CC(C)(C)Nc1ccc(CC(=O)O)cc1.CC(C)N[C@@H](CCN)C(=O)O.CNC(C)(C)C. The molecular weight excluding hydrogens is 1610 g/mol. The van der Waals surface area contributed by atoms with Crippen LogP contribution in [0.1, 0.15) is 356 Å². The zero-order valence-corrected chi connectivity index (χ0v) is 87.7. The second-order valence-corrected chi connectivity index (χ2v) is 43.0. The summed E-state index contributed by atoms with van der Waals surface area (Å²) in [5, 5.41) is 65.7. The number of anilines is 1. The van der Waals surface area contributed by atoms with Crippen molar-refractivity contribution in [2.24, 2.45) is 11.5 Å². The quantitative estimate of drug-likeness (QED) is 0.0311. The molecule has 4 atom stereocenters. The molecule has 1 unspecified atom stereocenters. The van der Waals surface area contributed by atoms with Crippen molar-refractivity contribution in [2.45, 2.75) is 459 Å². The number of nitrogens with zero attached hydrogens (tertiary/aromatic N) is 2. The molecule has 0 radical (unpaired) electrons. The van der Waals surface area contributed by atoms with Crippen LogP contribution in [0.25, 0.3) is 0 Å². The molecule has 1 aliphatic carbocycles. The number of ketones is 7. The Bertz CT molecular complexity index is 3180. The van der Waals surface area contributed by atoms with E-state index in [0.717, 1.165) is 30.5 Å². The molecule has 0 aliphatic heterocycles. The second-order valence-electron chi connectivity index (χ2n) is 43.0. The number of carbonyl (C=O) groups excluding carboxylic acids is 8. The van der Waals surface area contributed by atoms with Crippen molar-refractivity contribution < 1.29 is 78.0 Å². The van der Waals surface area contributed by atoms with E-state index in [0.29, 0.717) is 70.0 Å². The number of carboxylic acids is 4. The Kier molecular flexibility index (Phi) is 72.4. The third-order valence-corrected chi connectivity index (χ3v) is 17.5. The van der Waals surface area contributed by atoms with Gasteiger partial charge in [-0.05, 0) is 354 Å². The van der Waals surface area contributed by atoms with Gasteiger partial charge < -0.3 is 79.2 Å². The van der Waals surface area contributed by atoms with Crippen LogP contribution < -0.4 is 64.6 Å². The van der Waals surface area contributed by atoms with Crippen molar-refractivity contribution in [3.63, 3.8) is 0 Å². The summed E-state index contributed by atoms with van der Waals surface area (Å²) in [4.78, 5) is 134. The topological polar surface area (TPSA) is 465 Å². The fourth-order valence-electron chi connectivity index (χ4n) is 9.90. The van der Waals surface area contributed by atoms with Gasteiger partial charge in [0.15, 0.2) is 0 Å². The number of amides is 1. The molecule has 0 aromatic heterocycles. The first-order valence-electron chi connectivity index (χ1n) is 43.9. The van der Waals surface area contributed by atoms with Crippen LogP contribution in [-0.2, 0) is 64.0 Å². The summed E-state index contributed by atoms with van der Waals surface area (Å²) in [5.74, 6) is -2.31. The van der Waals surface area contributed by atoms with Gasteiger partial charge in [0.05, 0.1) is 42.2 Å². The first-order chi connectivity index (χ1) is 55.4. The van der Waals surface area contributed by atoms with E-state index in [4.69, 9.17) is 31.9 Å². The fourth-order valence-corrected chi connectivity index (χ4v) is 9.90. The number of rotatable bonds is 33. The van der Waals surface area contributed by atoms with E-state index in [1.807, 2.05) is 168 Å². The molecule has 1 saturated carbocycles. The fraction of sp³-hybridized carbons (Fsp3) is 0.812. The molecule has 0 spiro atoms. The normalized spacial score (nSPS) is 13.5. The number of aliphatic carboxylic acids is 4. The molecule has 2 rings (SSSR count). The number of nitrogens with one attached hydrogen (secondary N) is 10. The minimum atomic E-state index is -0.902. The van der Waals surface area contributed by atoms with E-state index < -0.39 is 47.5 Å². The van der Waals surface area contributed by atoms with Gasteiger partial charge in [0.2, 0.25) is 5.91 Å². The summed E-state index contributed by atoms with van der Waals surface area (Å²) in [6.07, 6.45) is 4.35. The number of hydrogen-bond acceptors (Lipinski definition) is 25. The van der Waals surface area contributed by atoms with Crippen molar-refractivity contribution in [3.05, 3.63) is 29.8 Å². The Morgan fingerprint density at radius 1 is 0.460 bits per heavy atom. The third kappa shape index (κ3) is 95.2. The highest BCUT2D eigenvalue weighted by Crippen LogP contribution is 2.38. The number of carboxylic acid groups (broad SMARTS) is 4. The van der Waals surface area contributed by atoms with Crippen molar-refractivity contribution in [2.75, 3.05) is 59.2 Å². The molecule has 1 amide bonds. The Labute approximate surface area is 767 Å². The smallest absolute Gasteiger partial charge is 0.320 e. The van der Waals surface area contributed by atoms with Gasteiger partial charge in [-0.1, -0.05) is 47.3 Å². The number of hydrogen-bond donors (Lipinski definition) is 16. The highest BCUT2D eigenvalue weighted by molar-refractivity contribution is 5.89. The first-order valence-corrected chi connectivity index (χ1v) is 43.9. The van der Waals surface area contributed by atoms with Crippen molar-refractivity contribution in [3.8, 4) is 0 Å². The lowest BCUT2D eigenvalue weighted by Crippen LogP contribution is -2.55. The van der Waals surface area contributed by atoms with Crippen molar-refractivity contribution >= 4 is 76.0 Å². The number of likely N-dealkylation sites (N-methyl/N-ethyl adjacent to an activating group) is 2. The molecule has 746 valence electrons. The van der Waals surface area contributed by atoms with Gasteiger partial charge in [-0.25, -0.2) is 0 Å². The van der Waals surface area contributed by atoms with E-state index in [-0.39, 0.29) is 128 Å². The van der Waals surface area contributed by atoms with Crippen LogP contribution >= 0.6 is 0 Å². The van der Waals surface area contributed by atoms with Gasteiger partial charge in [-0.3, -0.25) is 73.2 Å². The van der Waals surface area contributed by atoms with E-state index in [2.05, 4.69) is 183 Å². The van der Waals surface area contributed by atoms with Gasteiger partial charge in [0.1, 0.15) is 58.6 Å². The molecule has 1 aromatic rings. The average Bonchev–Trinajstić information content (AvgIpc) is 1.63. The molecule has 1 aliphatic rings. The largest absolute Gasteiger partial charge is 0.481 e. The minimum Gasteiger partial charge on any atom is -0.481 e. The minimum absolute atomic E-state index is 0. The van der Waals surface area contributed by atoms with Gasteiger partial charge in [-0.15, -0.1) is 0 Å². The molecule has 0 bridgehead atoms. The predicted molar refractivity (Wildman–Crippen MR) is 525 cm³/mol. The summed E-state index contributed by atoms with van der Waals surface area (Å²) < 4.78 is 0. The Morgan fingerprint density at radius 3 is 1.04 bits per heavy atom. The van der Waals surface area contributed by atoms with Gasteiger partial charge >= 0.3 is 23.9 Å². The zero-order chi connectivity index (χ0) is 102. The molecule has 30 heteroatoms. The lowest BCUT2D eigenvalue weighted by atomic mass is 9.92. The Balaban J connectivity index is -0.000000148. The third-order valence-electron chi connectivity index (χ3n) is 17.5. The Hall–Kier alpha value is -6.42. The van der Waals surface area contributed by atoms with Crippen LogP contribution in [0.2, 0.25) is 0 Å². The highest BCUT2D eigenvalue weighted by Gasteiger charge is 2.49. The summed E-state index contributed by atoms with van der Waals surface area (Å²) in [5.41, 5.74) is 11.6. The molecule has 0 heterocycles. The van der Waals surface area contributed by atoms with Crippen LogP contribution in [0.4, 0.5) is 5.69 Å². The zero-order valence-electron chi connectivity index (χ0n) is 87.7. The summed E-state index contributed by atoms with van der Waals surface area (Å²) >= 11 is 0. The van der Waals surface area contributed by atoms with Crippen molar-refractivity contribution in [1.29, 1.82) is 0 Å². The maximum absolute atomic E-state index is 11.3. The first kappa shape index (κ1) is 140. The van der Waals surface area contributed by atoms with Crippen molar-refractivity contribution in [1.82, 2.24) is 57.7 Å². The number of Topliss-reactive ketones (excluding diaryl/α,β-unsaturated/α-hetero) is 7. The molecule has 1 aromatic carbocycles. The highest BCUT2D eigenvalue weighted by atomic mass is 16.4. The van der Waals surface area contributed by atoms with Gasteiger partial charge in [-0.2, -0.15) is 0 Å². The second kappa shape index (κ2) is 65.2. The van der Waals surface area contributed by atoms with E-state index in [9.17, 15) is 57.5 Å². The maximum Gasteiger partial charge on any atom is 0.320 e. The molecule has 18 N–H and O–H groups in total. The molecule has 30 nitrogen and oxygen atoms in total. The van der Waals surface area contributed by atoms with E-state index in [1.165, 1.54) is 13.8 Å². The van der Waals surface area contributed by atoms with E-state index >= 15 is 0 Å². The average molecular weight is 1800 g/mol. The molecular formula is C96H196N14O16. The van der Waals surface area contributed by atoms with Crippen LogP contribution in [0, 0.1) is 0 Å². The number of nitrogens with two attached hydrogens (primary N) is 2. The summed E-state index contributed by atoms with van der Waals surface area (Å²) in [6, 6.07) is 6.19.